The van der Waals surface area contributed by atoms with Crippen molar-refractivity contribution in [3.8, 4) is 0 Å². The Bertz CT molecular complexity index is 980. The van der Waals surface area contributed by atoms with E-state index in [1.807, 2.05) is 36.5 Å². The first kappa shape index (κ1) is 22.1. The molecule has 1 amide bonds. The molecule has 0 bridgehead atoms. The van der Waals surface area contributed by atoms with Crippen LogP contribution >= 0.6 is 0 Å². The molecule has 1 atom stereocenters. The van der Waals surface area contributed by atoms with Gasteiger partial charge in [0.05, 0.1) is 12.7 Å². The van der Waals surface area contributed by atoms with Crippen LogP contribution in [-0.2, 0) is 22.4 Å². The molecule has 2 heterocycles. The van der Waals surface area contributed by atoms with Crippen LogP contribution in [0.5, 0.6) is 0 Å². The van der Waals surface area contributed by atoms with E-state index >= 15 is 0 Å². The summed E-state index contributed by atoms with van der Waals surface area (Å²) in [5.41, 5.74) is 3.24. The lowest BCUT2D eigenvalue weighted by Crippen LogP contribution is -2.39. The van der Waals surface area contributed by atoms with Crippen molar-refractivity contribution < 1.29 is 14.3 Å². The molecule has 7 heteroatoms. The highest BCUT2D eigenvalue weighted by molar-refractivity contribution is 5.90. The van der Waals surface area contributed by atoms with Gasteiger partial charge in [-0.05, 0) is 53.8 Å². The third-order valence-corrected chi connectivity index (χ3v) is 4.82. The number of nitrogens with zero attached hydrogens (tertiary/aromatic N) is 2. The normalized spacial score (nSPS) is 11.5. The summed E-state index contributed by atoms with van der Waals surface area (Å²) in [6.07, 6.45) is 8.46. The average molecular weight is 418 g/mol. The zero-order chi connectivity index (χ0) is 21.9. The van der Waals surface area contributed by atoms with Crippen molar-refractivity contribution in [1.82, 2.24) is 20.6 Å². The largest absolute Gasteiger partial charge is 0.465 e. The highest BCUT2D eigenvalue weighted by Crippen LogP contribution is 2.16. The number of methoxy groups -OCH3 is 1. The van der Waals surface area contributed by atoms with Crippen LogP contribution in [0.4, 0.5) is 0 Å². The lowest BCUT2D eigenvalue weighted by atomic mass is 10.0. The highest BCUT2D eigenvalue weighted by atomic mass is 16.5. The zero-order valence-electron chi connectivity index (χ0n) is 17.5. The second-order valence-electron chi connectivity index (χ2n) is 7.02. The number of carbonyl (C=O) groups is 2. The Hall–Kier alpha value is -3.58. The van der Waals surface area contributed by atoms with E-state index in [0.717, 1.165) is 17.5 Å². The minimum absolute atomic E-state index is 0.155. The number of carbonyl (C=O) groups excluding carboxylic acids is 2. The predicted molar refractivity (Wildman–Crippen MR) is 117 cm³/mol. The fourth-order valence-electron chi connectivity index (χ4n) is 3.21. The third-order valence-electron chi connectivity index (χ3n) is 4.82. The molecule has 31 heavy (non-hydrogen) atoms. The third kappa shape index (κ3) is 6.72. The molecule has 0 aliphatic rings. The van der Waals surface area contributed by atoms with Crippen LogP contribution in [-0.4, -0.2) is 42.0 Å². The molecule has 160 valence electrons. The van der Waals surface area contributed by atoms with Gasteiger partial charge in [0.25, 0.3) is 0 Å². The Balaban J connectivity index is 1.68. The van der Waals surface area contributed by atoms with Gasteiger partial charge in [0.2, 0.25) is 5.91 Å². The van der Waals surface area contributed by atoms with Crippen molar-refractivity contribution in [3.63, 3.8) is 0 Å². The second kappa shape index (κ2) is 11.6. The van der Waals surface area contributed by atoms with Crippen molar-refractivity contribution in [2.75, 3.05) is 20.2 Å². The summed E-state index contributed by atoms with van der Waals surface area (Å²) in [5.74, 6) is -0.593. The molecule has 0 radical (unpaired) electrons. The van der Waals surface area contributed by atoms with E-state index < -0.39 is 12.0 Å². The first-order valence-electron chi connectivity index (χ1n) is 10.1. The van der Waals surface area contributed by atoms with Crippen molar-refractivity contribution in [1.29, 1.82) is 0 Å². The van der Waals surface area contributed by atoms with Crippen LogP contribution in [0.15, 0.2) is 73.3 Å². The fourth-order valence-corrected chi connectivity index (χ4v) is 3.21. The first-order chi connectivity index (χ1) is 15.2. The van der Waals surface area contributed by atoms with E-state index in [-0.39, 0.29) is 5.91 Å². The van der Waals surface area contributed by atoms with Gasteiger partial charge in [-0.15, -0.1) is 0 Å². The molecule has 7 nitrogen and oxygen atoms in total. The van der Waals surface area contributed by atoms with Gasteiger partial charge < -0.3 is 15.4 Å². The van der Waals surface area contributed by atoms with Gasteiger partial charge in [-0.1, -0.05) is 24.3 Å². The lowest BCUT2D eigenvalue weighted by Gasteiger charge is -2.19. The van der Waals surface area contributed by atoms with Crippen LogP contribution < -0.4 is 10.6 Å². The van der Waals surface area contributed by atoms with Gasteiger partial charge in [-0.2, -0.15) is 0 Å². The zero-order valence-corrected chi connectivity index (χ0v) is 17.5. The van der Waals surface area contributed by atoms with Crippen LogP contribution in [0, 0.1) is 0 Å². The molecule has 0 spiro atoms. The fraction of sp³-hybridized carbons (Fsp3) is 0.250. The topological polar surface area (TPSA) is 93.2 Å². The maximum Gasteiger partial charge on any atom is 0.337 e. The minimum atomic E-state index is -0.602. The average Bonchev–Trinajstić information content (AvgIpc) is 2.82. The van der Waals surface area contributed by atoms with Crippen molar-refractivity contribution in [2.24, 2.45) is 0 Å². The second-order valence-corrected chi connectivity index (χ2v) is 7.02. The summed E-state index contributed by atoms with van der Waals surface area (Å²) in [7, 11) is 1.34. The molecule has 0 aliphatic carbocycles. The summed E-state index contributed by atoms with van der Waals surface area (Å²) in [6, 6.07) is 14.1. The number of pyridine rings is 2. The van der Waals surface area contributed by atoms with Gasteiger partial charge >= 0.3 is 5.97 Å². The Morgan fingerprint density at radius 3 is 2.23 bits per heavy atom. The SMILES string of the molecule is COC(=O)c1cccc(C(NCCc2cccnc2)C(=O)NCCc2cccnc2)c1. The molecule has 0 aliphatic heterocycles. The maximum absolute atomic E-state index is 13.0. The van der Waals surface area contributed by atoms with Gasteiger partial charge in [0, 0.05) is 37.9 Å². The molecule has 1 unspecified atom stereocenters. The van der Waals surface area contributed by atoms with Crippen LogP contribution in [0.2, 0.25) is 0 Å². The number of aromatic nitrogens is 2. The Kier molecular flexibility index (Phi) is 8.25. The van der Waals surface area contributed by atoms with E-state index in [9.17, 15) is 9.59 Å². The van der Waals surface area contributed by atoms with Crippen LogP contribution in [0.1, 0.15) is 33.1 Å². The van der Waals surface area contributed by atoms with Gasteiger partial charge in [0.1, 0.15) is 6.04 Å². The smallest absolute Gasteiger partial charge is 0.337 e. The molecule has 0 fully saturated rings. The maximum atomic E-state index is 13.0. The Morgan fingerprint density at radius 1 is 0.935 bits per heavy atom. The molecule has 1 aromatic carbocycles. The minimum Gasteiger partial charge on any atom is -0.465 e. The molecule has 3 rings (SSSR count). The number of ether oxygens (including phenoxy) is 1. The number of hydrogen-bond acceptors (Lipinski definition) is 6. The number of rotatable bonds is 10. The molecule has 0 saturated carbocycles. The van der Waals surface area contributed by atoms with E-state index in [0.29, 0.717) is 30.6 Å². The van der Waals surface area contributed by atoms with Crippen LogP contribution in [0.25, 0.3) is 0 Å². The summed E-state index contributed by atoms with van der Waals surface area (Å²) in [4.78, 5) is 33.2. The number of benzene rings is 1. The number of amides is 1. The summed E-state index contributed by atoms with van der Waals surface area (Å²) in [5, 5.41) is 6.30. The summed E-state index contributed by atoms with van der Waals surface area (Å²) < 4.78 is 4.81. The number of esters is 1. The summed E-state index contributed by atoms with van der Waals surface area (Å²) >= 11 is 0. The molecule has 2 aromatic heterocycles. The van der Waals surface area contributed by atoms with E-state index in [2.05, 4.69) is 20.6 Å². The standard InChI is InChI=1S/C24H26N4O3/c1-31-24(30)21-8-2-7-20(15-21)22(27-13-9-18-5-3-11-25-16-18)23(29)28-14-10-19-6-4-12-26-17-19/h2-8,11-12,15-17,22,27H,9-10,13-14H2,1H3,(H,28,29). The van der Waals surface area contributed by atoms with Gasteiger partial charge in [-0.3, -0.25) is 14.8 Å². The number of nitrogens with one attached hydrogen (secondary N) is 2. The van der Waals surface area contributed by atoms with Crippen molar-refractivity contribution in [3.05, 3.63) is 95.6 Å². The Morgan fingerprint density at radius 2 is 1.61 bits per heavy atom. The molecular weight excluding hydrogens is 392 g/mol. The first-order valence-corrected chi connectivity index (χ1v) is 10.1. The molecule has 3 aromatic rings. The quantitative estimate of drug-likeness (QED) is 0.492. The Labute approximate surface area is 181 Å². The van der Waals surface area contributed by atoms with Crippen molar-refractivity contribution >= 4 is 11.9 Å². The molecular formula is C24H26N4O3. The lowest BCUT2D eigenvalue weighted by molar-refractivity contribution is -0.123. The van der Waals surface area contributed by atoms with Gasteiger partial charge in [0.15, 0.2) is 0 Å². The monoisotopic (exact) mass is 418 g/mol. The van der Waals surface area contributed by atoms with Crippen molar-refractivity contribution in [2.45, 2.75) is 18.9 Å². The predicted octanol–water partition coefficient (Wildman–Crippen LogP) is 2.50. The van der Waals surface area contributed by atoms with E-state index in [4.69, 9.17) is 4.74 Å². The van der Waals surface area contributed by atoms with Gasteiger partial charge in [-0.25, -0.2) is 4.79 Å². The molecule has 0 saturated heterocycles. The number of hydrogen-bond donors (Lipinski definition) is 2. The van der Waals surface area contributed by atoms with E-state index in [1.165, 1.54) is 7.11 Å². The highest BCUT2D eigenvalue weighted by Gasteiger charge is 2.21. The van der Waals surface area contributed by atoms with E-state index in [1.54, 1.807) is 36.8 Å². The van der Waals surface area contributed by atoms with Crippen LogP contribution in [0.3, 0.4) is 0 Å². The molecule has 2 N–H and O–H groups in total. The summed E-state index contributed by atoms with van der Waals surface area (Å²) in [6.45, 7) is 1.07.